The summed E-state index contributed by atoms with van der Waals surface area (Å²) in [6.07, 6.45) is -0.933. The minimum absolute atomic E-state index is 0.0523. The van der Waals surface area contributed by atoms with Crippen molar-refractivity contribution in [2.45, 2.75) is 19.1 Å². The fourth-order valence-corrected chi connectivity index (χ4v) is 1.91. The molecule has 0 bridgehead atoms. The molecule has 0 aliphatic carbocycles. The Morgan fingerprint density at radius 3 is 2.63 bits per heavy atom. The van der Waals surface area contributed by atoms with Crippen molar-refractivity contribution < 1.29 is 24.2 Å². The van der Waals surface area contributed by atoms with Gasteiger partial charge in [0.1, 0.15) is 12.6 Å². The van der Waals surface area contributed by atoms with E-state index in [2.05, 4.69) is 0 Å². The second-order valence-electron chi connectivity index (χ2n) is 4.26. The Morgan fingerprint density at radius 2 is 2.00 bits per heavy atom. The van der Waals surface area contributed by atoms with Crippen LogP contribution in [0.15, 0.2) is 30.3 Å². The number of ether oxygens (including phenoxy) is 1. The van der Waals surface area contributed by atoms with Gasteiger partial charge >= 0.3 is 12.1 Å². The predicted molar refractivity (Wildman–Crippen MR) is 64.4 cm³/mol. The number of aliphatic carboxylic acids is 1. The van der Waals surface area contributed by atoms with Gasteiger partial charge < -0.3 is 9.84 Å². The Balaban J connectivity index is 1.96. The lowest BCUT2D eigenvalue weighted by Crippen LogP contribution is -2.40. The van der Waals surface area contributed by atoms with E-state index in [-0.39, 0.29) is 25.4 Å². The van der Waals surface area contributed by atoms with Crippen molar-refractivity contribution in [3.8, 4) is 0 Å². The van der Waals surface area contributed by atoms with Gasteiger partial charge in [0.2, 0.25) is 0 Å². The number of likely N-dealkylation sites (tertiary alicyclic amines) is 1. The maximum absolute atomic E-state index is 11.8. The van der Waals surface area contributed by atoms with Crippen LogP contribution in [0, 0.1) is 0 Å². The normalized spacial score (nSPS) is 18.4. The van der Waals surface area contributed by atoms with Gasteiger partial charge in [0, 0.05) is 6.42 Å². The molecule has 1 aromatic carbocycles. The quantitative estimate of drug-likeness (QED) is 0.881. The number of benzene rings is 1. The van der Waals surface area contributed by atoms with Crippen molar-refractivity contribution in [2.75, 3.05) is 6.54 Å². The van der Waals surface area contributed by atoms with Gasteiger partial charge in [-0.05, 0) is 5.56 Å². The summed E-state index contributed by atoms with van der Waals surface area (Å²) < 4.78 is 5.01. The van der Waals surface area contributed by atoms with Crippen LogP contribution in [0.5, 0.6) is 0 Å². The van der Waals surface area contributed by atoms with Gasteiger partial charge in [-0.25, -0.2) is 9.59 Å². The predicted octanol–water partition coefficient (Wildman–Crippen LogP) is 1.05. The molecule has 0 spiro atoms. The molecule has 0 saturated carbocycles. The van der Waals surface area contributed by atoms with Crippen LogP contribution in [0.3, 0.4) is 0 Å². The summed E-state index contributed by atoms with van der Waals surface area (Å²) in [4.78, 5) is 34.9. The maximum atomic E-state index is 11.8. The van der Waals surface area contributed by atoms with Gasteiger partial charge in [-0.15, -0.1) is 0 Å². The lowest BCUT2D eigenvalue weighted by molar-refractivity contribution is -0.142. The summed E-state index contributed by atoms with van der Waals surface area (Å²) in [6.45, 7) is -0.151. The fraction of sp³-hybridized carbons (Fsp3) is 0.308. The van der Waals surface area contributed by atoms with E-state index in [1.807, 2.05) is 18.2 Å². The Kier molecular flexibility index (Phi) is 3.79. The first-order valence-electron chi connectivity index (χ1n) is 5.80. The third-order valence-corrected chi connectivity index (χ3v) is 2.87. The molecule has 0 aromatic heterocycles. The Bertz CT molecular complexity index is 499. The van der Waals surface area contributed by atoms with E-state index in [1.54, 1.807) is 12.1 Å². The number of carbonyl (C=O) groups excluding carboxylic acids is 2. The van der Waals surface area contributed by atoms with E-state index in [9.17, 15) is 14.4 Å². The minimum Gasteiger partial charge on any atom is -0.480 e. The first-order valence-corrected chi connectivity index (χ1v) is 5.80. The van der Waals surface area contributed by atoms with Crippen LogP contribution < -0.4 is 0 Å². The largest absolute Gasteiger partial charge is 0.480 e. The molecule has 1 aromatic rings. The number of nitrogens with zero attached hydrogens (tertiary/aromatic N) is 1. The van der Waals surface area contributed by atoms with E-state index in [0.29, 0.717) is 0 Å². The standard InChI is InChI=1S/C13H13NO5/c15-10-6-11(12(16)17)14(7-10)13(18)19-8-9-4-2-1-3-5-9/h1-5,11H,6-8H2,(H,16,17). The molecular formula is C13H13NO5. The summed E-state index contributed by atoms with van der Waals surface area (Å²) in [5, 5.41) is 8.93. The molecule has 1 aliphatic heterocycles. The van der Waals surface area contributed by atoms with Crippen LogP contribution in [0.25, 0.3) is 0 Å². The Labute approximate surface area is 109 Å². The van der Waals surface area contributed by atoms with Crippen LogP contribution in [0.1, 0.15) is 12.0 Å². The SMILES string of the molecule is O=C1CC(C(=O)O)N(C(=O)OCc2ccccc2)C1. The van der Waals surface area contributed by atoms with E-state index in [1.165, 1.54) is 0 Å². The van der Waals surface area contributed by atoms with E-state index in [0.717, 1.165) is 10.5 Å². The minimum atomic E-state index is -1.19. The number of hydrogen-bond donors (Lipinski definition) is 1. The van der Waals surface area contributed by atoms with Crippen LogP contribution in [-0.4, -0.2) is 40.4 Å². The monoisotopic (exact) mass is 263 g/mol. The molecule has 1 aliphatic rings. The average Bonchev–Trinajstić information content (AvgIpc) is 2.79. The van der Waals surface area contributed by atoms with Crippen LogP contribution in [-0.2, 0) is 20.9 Å². The molecule has 19 heavy (non-hydrogen) atoms. The molecule has 1 saturated heterocycles. The molecule has 1 fully saturated rings. The molecule has 2 rings (SSSR count). The van der Waals surface area contributed by atoms with Crippen LogP contribution in [0.4, 0.5) is 4.79 Å². The second kappa shape index (κ2) is 5.51. The number of amides is 1. The molecule has 100 valence electrons. The lowest BCUT2D eigenvalue weighted by atomic mass is 10.2. The third-order valence-electron chi connectivity index (χ3n) is 2.87. The first-order chi connectivity index (χ1) is 9.08. The fourth-order valence-electron chi connectivity index (χ4n) is 1.91. The lowest BCUT2D eigenvalue weighted by Gasteiger charge is -2.19. The molecule has 6 nitrogen and oxygen atoms in total. The van der Waals surface area contributed by atoms with E-state index < -0.39 is 18.1 Å². The van der Waals surface area contributed by atoms with Crippen molar-refractivity contribution in [3.63, 3.8) is 0 Å². The summed E-state index contributed by atoms with van der Waals surface area (Å²) >= 11 is 0. The van der Waals surface area contributed by atoms with Gasteiger partial charge in [-0.3, -0.25) is 9.69 Å². The van der Waals surface area contributed by atoms with Crippen molar-refractivity contribution in [1.82, 2.24) is 4.90 Å². The zero-order valence-corrected chi connectivity index (χ0v) is 10.1. The highest BCUT2D eigenvalue weighted by molar-refractivity contribution is 5.95. The molecule has 1 atom stereocenters. The van der Waals surface area contributed by atoms with E-state index >= 15 is 0 Å². The Hall–Kier alpha value is -2.37. The molecule has 6 heteroatoms. The topological polar surface area (TPSA) is 83.9 Å². The van der Waals surface area contributed by atoms with Crippen molar-refractivity contribution in [3.05, 3.63) is 35.9 Å². The summed E-state index contributed by atoms with van der Waals surface area (Å²) in [6, 6.07) is 7.92. The number of carbonyl (C=O) groups is 3. The maximum Gasteiger partial charge on any atom is 0.411 e. The molecule has 0 radical (unpaired) electrons. The van der Waals surface area contributed by atoms with Gasteiger partial charge in [0.25, 0.3) is 0 Å². The van der Waals surface area contributed by atoms with Crippen molar-refractivity contribution >= 4 is 17.8 Å². The summed E-state index contributed by atoms with van der Waals surface area (Å²) in [5.41, 5.74) is 0.799. The molecule has 1 heterocycles. The third kappa shape index (κ3) is 3.09. The number of rotatable bonds is 3. The first kappa shape index (κ1) is 13.1. The summed E-state index contributed by atoms with van der Waals surface area (Å²) in [5.74, 6) is -1.47. The van der Waals surface area contributed by atoms with E-state index in [4.69, 9.17) is 9.84 Å². The van der Waals surface area contributed by atoms with Crippen LogP contribution in [0.2, 0.25) is 0 Å². The smallest absolute Gasteiger partial charge is 0.411 e. The summed E-state index contributed by atoms with van der Waals surface area (Å²) in [7, 11) is 0. The zero-order valence-electron chi connectivity index (χ0n) is 10.1. The molecule has 1 unspecified atom stereocenters. The molecule has 1 N–H and O–H groups in total. The van der Waals surface area contributed by atoms with Crippen molar-refractivity contribution in [1.29, 1.82) is 0 Å². The number of carboxylic acids is 1. The van der Waals surface area contributed by atoms with Gasteiger partial charge in [-0.2, -0.15) is 0 Å². The van der Waals surface area contributed by atoms with Crippen molar-refractivity contribution in [2.24, 2.45) is 0 Å². The highest BCUT2D eigenvalue weighted by Gasteiger charge is 2.39. The zero-order chi connectivity index (χ0) is 13.8. The molecular weight excluding hydrogens is 250 g/mol. The van der Waals surface area contributed by atoms with Gasteiger partial charge in [-0.1, -0.05) is 30.3 Å². The molecule has 1 amide bonds. The van der Waals surface area contributed by atoms with Gasteiger partial charge in [0.15, 0.2) is 5.78 Å². The second-order valence-corrected chi connectivity index (χ2v) is 4.26. The highest BCUT2D eigenvalue weighted by Crippen LogP contribution is 2.16. The number of Topliss-reactive ketones (excluding diaryl/α,β-unsaturated/α-hetero) is 1. The number of hydrogen-bond acceptors (Lipinski definition) is 4. The Morgan fingerprint density at radius 1 is 1.32 bits per heavy atom. The number of carboxylic acid groups (broad SMARTS) is 1. The highest BCUT2D eigenvalue weighted by atomic mass is 16.6. The van der Waals surface area contributed by atoms with Crippen LogP contribution >= 0.6 is 0 Å². The number of ketones is 1. The average molecular weight is 263 g/mol. The van der Waals surface area contributed by atoms with Gasteiger partial charge in [0.05, 0.1) is 6.54 Å².